The Morgan fingerprint density at radius 2 is 1.92 bits per heavy atom. The van der Waals surface area contributed by atoms with E-state index < -0.39 is 12.0 Å². The van der Waals surface area contributed by atoms with Crippen molar-refractivity contribution >= 4 is 28.7 Å². The van der Waals surface area contributed by atoms with Crippen LogP contribution in [0, 0.1) is 6.92 Å². The van der Waals surface area contributed by atoms with E-state index in [1.165, 1.54) is 0 Å². The molecule has 0 atom stereocenters. The van der Waals surface area contributed by atoms with Gasteiger partial charge < -0.3 is 20.8 Å². The van der Waals surface area contributed by atoms with Crippen LogP contribution in [-0.2, 0) is 9.53 Å². The molecule has 2 aromatic rings. The fourth-order valence-electron chi connectivity index (χ4n) is 2.71. The summed E-state index contributed by atoms with van der Waals surface area (Å²) in [7, 11) is 0. The number of fused-ring (bicyclic) bond motifs is 1. The van der Waals surface area contributed by atoms with E-state index in [1.54, 1.807) is 0 Å². The number of rotatable bonds is 9. The lowest BCUT2D eigenvalue weighted by Crippen LogP contribution is -2.29. The zero-order valence-corrected chi connectivity index (χ0v) is 14.3. The number of carbonyl (C=O) groups is 3. The van der Waals surface area contributed by atoms with Gasteiger partial charge in [0.05, 0.1) is 0 Å². The van der Waals surface area contributed by atoms with Crippen molar-refractivity contribution in [3.63, 3.8) is 0 Å². The first-order valence-corrected chi connectivity index (χ1v) is 8.28. The van der Waals surface area contributed by atoms with Gasteiger partial charge in [-0.15, -0.1) is 0 Å². The highest BCUT2D eigenvalue weighted by Gasteiger charge is 2.17. The van der Waals surface area contributed by atoms with Gasteiger partial charge in [-0.1, -0.05) is 24.6 Å². The number of esters is 1. The molecule has 1 aromatic heterocycles. The molecule has 0 bridgehead atoms. The molecule has 7 heteroatoms. The number of urea groups is 1. The second-order valence-corrected chi connectivity index (χ2v) is 5.86. The Morgan fingerprint density at radius 3 is 2.68 bits per heavy atom. The number of Topliss-reactive ketones (excluding diaryl/α,β-unsaturated/α-hetero) is 1. The van der Waals surface area contributed by atoms with Gasteiger partial charge in [-0.3, -0.25) is 9.59 Å². The van der Waals surface area contributed by atoms with Crippen molar-refractivity contribution in [2.75, 3.05) is 13.2 Å². The van der Waals surface area contributed by atoms with Gasteiger partial charge in [-0.25, -0.2) is 4.79 Å². The SMILES string of the molecule is Cc1[nH]c2ccccc2c1C(=O)COC(=O)CCCCCNC(N)=O. The van der Waals surface area contributed by atoms with Gasteiger partial charge in [-0.2, -0.15) is 0 Å². The number of nitrogens with two attached hydrogens (primary N) is 1. The minimum atomic E-state index is -0.550. The highest BCUT2D eigenvalue weighted by molar-refractivity contribution is 6.10. The van der Waals surface area contributed by atoms with Crippen molar-refractivity contribution in [3.05, 3.63) is 35.5 Å². The predicted molar refractivity (Wildman–Crippen MR) is 94.4 cm³/mol. The number of H-pyrrole nitrogens is 1. The third kappa shape index (κ3) is 5.34. The summed E-state index contributed by atoms with van der Waals surface area (Å²) < 4.78 is 5.08. The number of amides is 2. The van der Waals surface area contributed by atoms with Crippen LogP contribution in [0.15, 0.2) is 24.3 Å². The fraction of sp³-hybridized carbons (Fsp3) is 0.389. The molecule has 2 amide bonds. The van der Waals surface area contributed by atoms with Crippen molar-refractivity contribution in [2.24, 2.45) is 5.73 Å². The molecule has 0 aliphatic rings. The number of aryl methyl sites for hydroxylation is 1. The number of nitrogens with one attached hydrogen (secondary N) is 2. The van der Waals surface area contributed by atoms with Crippen LogP contribution in [0.3, 0.4) is 0 Å². The van der Waals surface area contributed by atoms with Crippen molar-refractivity contribution in [1.29, 1.82) is 0 Å². The van der Waals surface area contributed by atoms with Gasteiger partial charge >= 0.3 is 12.0 Å². The monoisotopic (exact) mass is 345 g/mol. The lowest BCUT2D eigenvalue weighted by atomic mass is 10.1. The second-order valence-electron chi connectivity index (χ2n) is 5.86. The topological polar surface area (TPSA) is 114 Å². The number of ether oxygens (including phenoxy) is 1. The van der Waals surface area contributed by atoms with Crippen molar-refractivity contribution < 1.29 is 19.1 Å². The van der Waals surface area contributed by atoms with Gasteiger partial charge in [0.2, 0.25) is 5.78 Å². The van der Waals surface area contributed by atoms with E-state index >= 15 is 0 Å². The molecule has 1 aromatic carbocycles. The quantitative estimate of drug-likeness (QED) is 0.368. The normalized spacial score (nSPS) is 10.6. The van der Waals surface area contributed by atoms with Crippen molar-refractivity contribution in [1.82, 2.24) is 10.3 Å². The van der Waals surface area contributed by atoms with Crippen LogP contribution in [0.2, 0.25) is 0 Å². The van der Waals surface area contributed by atoms with Gasteiger partial charge in [0.1, 0.15) is 0 Å². The Kier molecular flexibility index (Phi) is 6.56. The summed E-state index contributed by atoms with van der Waals surface area (Å²) in [6.07, 6.45) is 2.39. The summed E-state index contributed by atoms with van der Waals surface area (Å²) in [5.41, 5.74) is 7.18. The molecule has 134 valence electrons. The molecule has 1 heterocycles. The number of unbranched alkanes of at least 4 members (excludes halogenated alkanes) is 2. The van der Waals surface area contributed by atoms with E-state index in [0.717, 1.165) is 29.4 Å². The lowest BCUT2D eigenvalue weighted by Gasteiger charge is -2.05. The molecule has 2 rings (SSSR count). The Hall–Kier alpha value is -2.83. The number of hydrogen-bond donors (Lipinski definition) is 3. The largest absolute Gasteiger partial charge is 0.457 e. The number of aromatic nitrogens is 1. The molecular formula is C18H23N3O4. The van der Waals surface area contributed by atoms with E-state index in [1.807, 2.05) is 31.2 Å². The lowest BCUT2D eigenvalue weighted by molar-refractivity contribution is -0.142. The maximum Gasteiger partial charge on any atom is 0.312 e. The number of para-hydroxylation sites is 1. The molecule has 0 radical (unpaired) electrons. The van der Waals surface area contributed by atoms with Gasteiger partial charge in [0.25, 0.3) is 0 Å². The van der Waals surface area contributed by atoms with E-state index in [4.69, 9.17) is 10.5 Å². The third-order valence-corrected chi connectivity index (χ3v) is 3.89. The highest BCUT2D eigenvalue weighted by Crippen LogP contribution is 2.22. The standard InChI is InChI=1S/C18H23N3O4/c1-12-17(13-7-4-5-8-14(13)21-12)15(22)11-25-16(23)9-3-2-6-10-20-18(19)24/h4-5,7-8,21H,2-3,6,9-11H2,1H3,(H3,19,20,24). The first-order valence-electron chi connectivity index (χ1n) is 8.28. The van der Waals surface area contributed by atoms with Crippen LogP contribution in [0.5, 0.6) is 0 Å². The van der Waals surface area contributed by atoms with Crippen LogP contribution in [0.1, 0.15) is 41.7 Å². The molecule has 0 aliphatic heterocycles. The molecule has 7 nitrogen and oxygen atoms in total. The molecule has 0 spiro atoms. The minimum absolute atomic E-state index is 0.214. The molecule has 0 unspecified atom stereocenters. The predicted octanol–water partition coefficient (Wildman–Crippen LogP) is 2.43. The summed E-state index contributed by atoms with van der Waals surface area (Å²) in [4.78, 5) is 37.8. The van der Waals surface area contributed by atoms with E-state index in [2.05, 4.69) is 10.3 Å². The summed E-state index contributed by atoms with van der Waals surface area (Å²) in [5, 5.41) is 3.32. The Morgan fingerprint density at radius 1 is 1.16 bits per heavy atom. The molecule has 0 saturated carbocycles. The maximum absolute atomic E-state index is 12.4. The van der Waals surface area contributed by atoms with E-state index in [0.29, 0.717) is 18.5 Å². The van der Waals surface area contributed by atoms with Crippen LogP contribution in [-0.4, -0.2) is 35.9 Å². The van der Waals surface area contributed by atoms with Gasteiger partial charge in [0.15, 0.2) is 6.61 Å². The smallest absolute Gasteiger partial charge is 0.312 e. The number of ketones is 1. The number of primary amides is 1. The molecule has 0 saturated heterocycles. The summed E-state index contributed by atoms with van der Waals surface area (Å²) in [6, 6.07) is 6.98. The summed E-state index contributed by atoms with van der Waals surface area (Å²) in [6.45, 7) is 2.06. The maximum atomic E-state index is 12.4. The first kappa shape index (κ1) is 18.5. The third-order valence-electron chi connectivity index (χ3n) is 3.89. The van der Waals surface area contributed by atoms with Crippen LogP contribution < -0.4 is 11.1 Å². The average molecular weight is 345 g/mol. The summed E-state index contributed by atoms with van der Waals surface area (Å²) in [5.74, 6) is -0.609. The molecular weight excluding hydrogens is 322 g/mol. The Labute approximate surface area is 145 Å². The van der Waals surface area contributed by atoms with Crippen LogP contribution >= 0.6 is 0 Å². The molecule has 0 aliphatic carbocycles. The van der Waals surface area contributed by atoms with Crippen LogP contribution in [0.25, 0.3) is 10.9 Å². The van der Waals surface area contributed by atoms with Gasteiger partial charge in [0, 0.05) is 35.1 Å². The minimum Gasteiger partial charge on any atom is -0.457 e. The summed E-state index contributed by atoms with van der Waals surface area (Å²) >= 11 is 0. The molecule has 4 N–H and O–H groups in total. The fourth-order valence-corrected chi connectivity index (χ4v) is 2.71. The van der Waals surface area contributed by atoms with Crippen molar-refractivity contribution in [3.8, 4) is 0 Å². The Bertz CT molecular complexity index is 767. The molecule has 25 heavy (non-hydrogen) atoms. The van der Waals surface area contributed by atoms with Crippen LogP contribution in [0.4, 0.5) is 4.79 Å². The zero-order valence-electron chi connectivity index (χ0n) is 14.3. The average Bonchev–Trinajstić information content (AvgIpc) is 2.91. The number of benzene rings is 1. The van der Waals surface area contributed by atoms with E-state index in [-0.39, 0.29) is 18.8 Å². The number of hydrogen-bond acceptors (Lipinski definition) is 4. The second kappa shape index (κ2) is 8.86. The molecule has 0 fully saturated rings. The van der Waals surface area contributed by atoms with Gasteiger partial charge in [-0.05, 0) is 25.8 Å². The number of aromatic amines is 1. The number of carbonyl (C=O) groups excluding carboxylic acids is 3. The Balaban J connectivity index is 1.75. The van der Waals surface area contributed by atoms with Crippen molar-refractivity contribution in [2.45, 2.75) is 32.6 Å². The zero-order chi connectivity index (χ0) is 18.2. The first-order chi connectivity index (χ1) is 12.0. The van der Waals surface area contributed by atoms with E-state index in [9.17, 15) is 14.4 Å². The highest BCUT2D eigenvalue weighted by atomic mass is 16.5.